The van der Waals surface area contributed by atoms with Gasteiger partial charge in [-0.05, 0) is 65.0 Å². The summed E-state index contributed by atoms with van der Waals surface area (Å²) < 4.78 is 46.9. The zero-order valence-corrected chi connectivity index (χ0v) is 16.8. The third-order valence-corrected chi connectivity index (χ3v) is 5.30. The Hall–Kier alpha value is -2.25. The standard InChI is InChI=1S/C21H26F3NO4/c1-20(2,3)29-19(27)25-15-7-5-8-16(25)11-14(10-15)18(26)13-6-4-9-17(12-13)28-21(22,23)24/h4,6,9,12,14-16H,5,7-8,10-11H2,1-3H3. The van der Waals surface area contributed by atoms with Crippen molar-refractivity contribution in [1.29, 1.82) is 0 Å². The fourth-order valence-electron chi connectivity index (χ4n) is 4.29. The lowest BCUT2D eigenvalue weighted by atomic mass is 9.76. The Morgan fingerprint density at radius 3 is 2.24 bits per heavy atom. The lowest BCUT2D eigenvalue weighted by Crippen LogP contribution is -2.56. The van der Waals surface area contributed by atoms with Crippen molar-refractivity contribution < 1.29 is 32.2 Å². The van der Waals surface area contributed by atoms with E-state index in [2.05, 4.69) is 4.74 Å². The average molecular weight is 413 g/mol. The largest absolute Gasteiger partial charge is 0.573 e. The number of nitrogens with zero attached hydrogens (tertiary/aromatic N) is 1. The lowest BCUT2D eigenvalue weighted by molar-refractivity contribution is -0.274. The number of piperidine rings is 2. The summed E-state index contributed by atoms with van der Waals surface area (Å²) >= 11 is 0. The van der Waals surface area contributed by atoms with Crippen LogP contribution >= 0.6 is 0 Å². The first-order valence-corrected chi connectivity index (χ1v) is 9.84. The highest BCUT2D eigenvalue weighted by Crippen LogP contribution is 2.39. The molecular weight excluding hydrogens is 387 g/mol. The van der Waals surface area contributed by atoms with Crippen molar-refractivity contribution in [3.8, 4) is 5.75 Å². The van der Waals surface area contributed by atoms with Crippen LogP contribution in [0.2, 0.25) is 0 Å². The van der Waals surface area contributed by atoms with Crippen molar-refractivity contribution in [2.45, 2.75) is 76.9 Å². The molecule has 0 saturated carbocycles. The van der Waals surface area contributed by atoms with Gasteiger partial charge >= 0.3 is 12.5 Å². The molecule has 8 heteroatoms. The molecule has 0 aliphatic carbocycles. The minimum absolute atomic E-state index is 0.0964. The number of fused-ring (bicyclic) bond motifs is 2. The average Bonchev–Trinajstić information content (AvgIpc) is 2.57. The Morgan fingerprint density at radius 2 is 1.69 bits per heavy atom. The van der Waals surface area contributed by atoms with Gasteiger partial charge in [0.1, 0.15) is 11.4 Å². The predicted octanol–water partition coefficient (Wildman–Crippen LogP) is 5.34. The number of rotatable bonds is 3. The molecule has 2 fully saturated rings. The number of amides is 1. The van der Waals surface area contributed by atoms with Gasteiger partial charge in [-0.25, -0.2) is 4.79 Å². The van der Waals surface area contributed by atoms with Crippen LogP contribution in [-0.2, 0) is 4.74 Å². The topological polar surface area (TPSA) is 55.8 Å². The predicted molar refractivity (Wildman–Crippen MR) is 99.7 cm³/mol. The lowest BCUT2D eigenvalue weighted by Gasteiger charge is -2.48. The summed E-state index contributed by atoms with van der Waals surface area (Å²) in [5, 5.41) is 0. The van der Waals surface area contributed by atoms with E-state index >= 15 is 0 Å². The first-order valence-electron chi connectivity index (χ1n) is 9.84. The van der Waals surface area contributed by atoms with Crippen LogP contribution < -0.4 is 4.74 Å². The van der Waals surface area contributed by atoms with Gasteiger partial charge in [0.05, 0.1) is 0 Å². The van der Waals surface area contributed by atoms with Crippen molar-refractivity contribution in [1.82, 2.24) is 4.90 Å². The van der Waals surface area contributed by atoms with Crippen LogP contribution in [0, 0.1) is 5.92 Å². The molecule has 2 aliphatic rings. The van der Waals surface area contributed by atoms with Gasteiger partial charge < -0.3 is 14.4 Å². The Labute approximate surface area is 168 Å². The fraction of sp³-hybridized carbons (Fsp3) is 0.619. The van der Waals surface area contributed by atoms with Crippen LogP contribution in [0.1, 0.15) is 63.2 Å². The van der Waals surface area contributed by atoms with E-state index in [9.17, 15) is 22.8 Å². The molecular formula is C21H26F3NO4. The quantitative estimate of drug-likeness (QED) is 0.628. The molecule has 0 aromatic heterocycles. The molecule has 1 aromatic rings. The van der Waals surface area contributed by atoms with E-state index in [1.807, 2.05) is 20.8 Å². The highest BCUT2D eigenvalue weighted by atomic mass is 19.4. The van der Waals surface area contributed by atoms with Crippen LogP contribution in [-0.4, -0.2) is 40.8 Å². The van der Waals surface area contributed by atoms with Crippen molar-refractivity contribution >= 4 is 11.9 Å². The summed E-state index contributed by atoms with van der Waals surface area (Å²) in [6, 6.07) is 4.99. The Kier molecular flexibility index (Phi) is 5.83. The monoisotopic (exact) mass is 413 g/mol. The van der Waals surface area contributed by atoms with E-state index < -0.39 is 17.7 Å². The molecule has 1 amide bonds. The van der Waals surface area contributed by atoms with Crippen molar-refractivity contribution in [2.24, 2.45) is 5.92 Å². The number of ether oxygens (including phenoxy) is 2. The maximum Gasteiger partial charge on any atom is 0.573 e. The van der Waals surface area contributed by atoms with Gasteiger partial charge in [0.2, 0.25) is 0 Å². The van der Waals surface area contributed by atoms with Gasteiger partial charge in [-0.2, -0.15) is 0 Å². The number of Topliss-reactive ketones (excluding diaryl/α,β-unsaturated/α-hetero) is 1. The summed E-state index contributed by atoms with van der Waals surface area (Å²) in [4.78, 5) is 27.4. The minimum atomic E-state index is -4.81. The number of ketones is 1. The van der Waals surface area contributed by atoms with E-state index in [0.717, 1.165) is 25.3 Å². The molecule has 2 unspecified atom stereocenters. The van der Waals surface area contributed by atoms with E-state index in [-0.39, 0.29) is 35.4 Å². The molecule has 2 bridgehead atoms. The Balaban J connectivity index is 1.73. The summed E-state index contributed by atoms with van der Waals surface area (Å²) in [5.74, 6) is -0.960. The molecule has 2 heterocycles. The molecule has 0 N–H and O–H groups in total. The smallest absolute Gasteiger partial charge is 0.444 e. The minimum Gasteiger partial charge on any atom is -0.444 e. The van der Waals surface area contributed by atoms with Gasteiger partial charge in [0.25, 0.3) is 0 Å². The third kappa shape index (κ3) is 5.42. The molecule has 29 heavy (non-hydrogen) atoms. The normalized spacial score (nSPS) is 24.8. The SMILES string of the molecule is CC(C)(C)OC(=O)N1C2CCCC1CC(C(=O)c1cccc(OC(F)(F)F)c1)C2. The van der Waals surface area contributed by atoms with Crippen LogP contribution in [0.15, 0.2) is 24.3 Å². The molecule has 2 aliphatic heterocycles. The van der Waals surface area contributed by atoms with Gasteiger partial charge in [0.15, 0.2) is 5.78 Å². The third-order valence-electron chi connectivity index (χ3n) is 5.30. The number of alkyl halides is 3. The van der Waals surface area contributed by atoms with Crippen molar-refractivity contribution in [3.05, 3.63) is 29.8 Å². The zero-order chi connectivity index (χ0) is 21.4. The Bertz CT molecular complexity index is 758. The fourth-order valence-corrected chi connectivity index (χ4v) is 4.29. The first-order chi connectivity index (χ1) is 13.4. The number of hydrogen-bond donors (Lipinski definition) is 0. The number of hydrogen-bond acceptors (Lipinski definition) is 4. The highest BCUT2D eigenvalue weighted by molar-refractivity contribution is 5.98. The van der Waals surface area contributed by atoms with Gasteiger partial charge in [-0.1, -0.05) is 12.1 Å². The highest BCUT2D eigenvalue weighted by Gasteiger charge is 2.44. The summed E-state index contributed by atoms with van der Waals surface area (Å²) in [5.41, 5.74) is -0.405. The van der Waals surface area contributed by atoms with E-state index in [1.165, 1.54) is 18.2 Å². The molecule has 160 valence electrons. The summed E-state index contributed by atoms with van der Waals surface area (Å²) in [6.45, 7) is 5.44. The van der Waals surface area contributed by atoms with Gasteiger partial charge in [0, 0.05) is 23.6 Å². The second-order valence-electron chi connectivity index (χ2n) is 8.73. The summed E-state index contributed by atoms with van der Waals surface area (Å²) in [6.07, 6.45) is -1.65. The molecule has 3 rings (SSSR count). The number of benzene rings is 1. The molecule has 1 aromatic carbocycles. The van der Waals surface area contributed by atoms with Crippen molar-refractivity contribution in [2.75, 3.05) is 0 Å². The molecule has 2 atom stereocenters. The van der Waals surface area contributed by atoms with Gasteiger partial charge in [-0.15, -0.1) is 13.2 Å². The molecule has 5 nitrogen and oxygen atoms in total. The van der Waals surface area contributed by atoms with Crippen LogP contribution in [0.4, 0.5) is 18.0 Å². The summed E-state index contributed by atoms with van der Waals surface area (Å²) in [7, 11) is 0. The number of carbonyl (C=O) groups is 2. The first kappa shape index (κ1) is 21.5. The van der Waals surface area contributed by atoms with E-state index in [1.54, 1.807) is 4.90 Å². The molecule has 2 saturated heterocycles. The molecule has 0 spiro atoms. The second-order valence-corrected chi connectivity index (χ2v) is 8.73. The zero-order valence-electron chi connectivity index (χ0n) is 16.8. The Morgan fingerprint density at radius 1 is 1.07 bits per heavy atom. The number of halogens is 3. The second kappa shape index (κ2) is 7.88. The van der Waals surface area contributed by atoms with Crippen molar-refractivity contribution in [3.63, 3.8) is 0 Å². The maximum atomic E-state index is 13.0. The number of carbonyl (C=O) groups excluding carboxylic acids is 2. The maximum absolute atomic E-state index is 13.0. The van der Waals surface area contributed by atoms with Crippen LogP contribution in [0.3, 0.4) is 0 Å². The molecule has 0 radical (unpaired) electrons. The van der Waals surface area contributed by atoms with E-state index in [4.69, 9.17) is 4.74 Å². The van der Waals surface area contributed by atoms with Gasteiger partial charge in [-0.3, -0.25) is 4.79 Å². The van der Waals surface area contributed by atoms with Crippen LogP contribution in [0.5, 0.6) is 5.75 Å². The van der Waals surface area contributed by atoms with Crippen LogP contribution in [0.25, 0.3) is 0 Å². The van der Waals surface area contributed by atoms with E-state index in [0.29, 0.717) is 12.8 Å².